The van der Waals surface area contributed by atoms with Gasteiger partial charge in [0, 0.05) is 29.1 Å². The Balaban J connectivity index is 3.00. The van der Waals surface area contributed by atoms with Crippen LogP contribution in [0.25, 0.3) is 0 Å². The lowest BCUT2D eigenvalue weighted by Gasteiger charge is -2.58. The Morgan fingerprint density at radius 3 is 2.34 bits per heavy atom. The first-order valence-corrected chi connectivity index (χ1v) is 9.47. The van der Waals surface area contributed by atoms with E-state index >= 15 is 0 Å². The van der Waals surface area contributed by atoms with Crippen molar-refractivity contribution < 1.29 is 29.1 Å². The number of nitro benzene ring substituents is 1. The number of piperidine rings is 1. The van der Waals surface area contributed by atoms with Gasteiger partial charge in [-0.3, -0.25) is 19.7 Å². The number of nitrogens with zero attached hydrogens (tertiary/aromatic N) is 1. The highest BCUT2D eigenvalue weighted by Gasteiger charge is 2.67. The summed E-state index contributed by atoms with van der Waals surface area (Å²) >= 11 is 6.32. The van der Waals surface area contributed by atoms with E-state index in [4.69, 9.17) is 11.6 Å². The van der Waals surface area contributed by atoms with Gasteiger partial charge >= 0.3 is 11.9 Å². The van der Waals surface area contributed by atoms with E-state index in [-0.39, 0.29) is 16.3 Å². The average molecular weight is 431 g/mol. The highest BCUT2D eigenvalue weighted by Crippen LogP contribution is 2.59. The Hall–Kier alpha value is -2.26. The molecule has 0 aromatic heterocycles. The Labute approximate surface area is 172 Å². The maximum absolute atomic E-state index is 13.9. The molecule has 1 aliphatic rings. The van der Waals surface area contributed by atoms with Crippen LogP contribution >= 0.6 is 11.6 Å². The molecule has 1 aliphatic heterocycles. The van der Waals surface area contributed by atoms with Gasteiger partial charge in [-0.25, -0.2) is 4.39 Å². The van der Waals surface area contributed by atoms with Crippen LogP contribution in [0.4, 0.5) is 10.1 Å². The summed E-state index contributed by atoms with van der Waals surface area (Å²) in [5.74, 6) is -4.65. The van der Waals surface area contributed by atoms with E-state index < -0.39 is 58.3 Å². The van der Waals surface area contributed by atoms with Gasteiger partial charge in [-0.1, -0.05) is 25.4 Å². The van der Waals surface area contributed by atoms with Crippen molar-refractivity contribution in [1.82, 2.24) is 5.32 Å². The van der Waals surface area contributed by atoms with Crippen LogP contribution in [0, 0.1) is 26.9 Å². The van der Waals surface area contributed by atoms with E-state index in [1.165, 1.54) is 13.0 Å². The zero-order valence-corrected chi connectivity index (χ0v) is 17.2. The quantitative estimate of drug-likeness (QED) is 0.465. The highest BCUT2D eigenvalue weighted by atomic mass is 35.5. The molecule has 8 nitrogen and oxygen atoms in total. The molecule has 0 spiro atoms. The maximum atomic E-state index is 13.9. The molecule has 1 fully saturated rings. The number of carbonyl (C=O) groups is 2. The van der Waals surface area contributed by atoms with Crippen LogP contribution in [0.1, 0.15) is 39.2 Å². The third-order valence-corrected chi connectivity index (χ3v) is 6.76. The first-order chi connectivity index (χ1) is 13.4. The number of benzene rings is 1. The molecule has 0 aliphatic carbocycles. The van der Waals surface area contributed by atoms with Gasteiger partial charge in [0.1, 0.15) is 6.67 Å². The molecule has 1 saturated heterocycles. The second kappa shape index (κ2) is 7.87. The van der Waals surface area contributed by atoms with Crippen molar-refractivity contribution in [1.29, 1.82) is 0 Å². The highest BCUT2D eigenvalue weighted by molar-refractivity contribution is 6.31. The number of aliphatic carboxylic acids is 2. The van der Waals surface area contributed by atoms with Crippen molar-refractivity contribution in [3.8, 4) is 0 Å². The summed E-state index contributed by atoms with van der Waals surface area (Å²) in [6.07, 6.45) is 0. The molecule has 1 heterocycles. The largest absolute Gasteiger partial charge is 0.481 e. The van der Waals surface area contributed by atoms with Gasteiger partial charge in [0.15, 0.2) is 0 Å². The predicted octanol–water partition coefficient (Wildman–Crippen LogP) is 3.48. The van der Waals surface area contributed by atoms with Crippen LogP contribution in [0.5, 0.6) is 0 Å². The van der Waals surface area contributed by atoms with E-state index in [9.17, 15) is 34.3 Å². The van der Waals surface area contributed by atoms with Crippen molar-refractivity contribution in [3.05, 3.63) is 38.9 Å². The van der Waals surface area contributed by atoms with E-state index in [2.05, 4.69) is 5.32 Å². The summed E-state index contributed by atoms with van der Waals surface area (Å²) in [5, 5.41) is 34.5. The standard InChI is InChI=1S/C19H24ClFN2O6/c1-9(2)19(17(26)27)10(3)22-14(8-21)18(4,16(24)25)15(19)12-7-11(23(28)29)5-6-13(12)20/h5-7,9-10,14-15,22H,8H2,1-4H3,(H,24,25)(H,26,27). The fourth-order valence-electron chi connectivity index (χ4n) is 4.87. The van der Waals surface area contributed by atoms with Crippen LogP contribution < -0.4 is 5.32 Å². The van der Waals surface area contributed by atoms with Crippen molar-refractivity contribution >= 4 is 29.2 Å². The third kappa shape index (κ3) is 3.26. The summed E-state index contributed by atoms with van der Waals surface area (Å²) in [7, 11) is 0. The van der Waals surface area contributed by atoms with Crippen LogP contribution in [0.15, 0.2) is 18.2 Å². The number of hydrogen-bond donors (Lipinski definition) is 3. The lowest BCUT2D eigenvalue weighted by Crippen LogP contribution is -2.71. The van der Waals surface area contributed by atoms with Gasteiger partial charge < -0.3 is 15.5 Å². The normalized spacial score (nSPS) is 32.2. The number of hydrogen-bond acceptors (Lipinski definition) is 5. The molecule has 2 rings (SSSR count). The molecule has 0 saturated carbocycles. The fourth-order valence-corrected chi connectivity index (χ4v) is 5.10. The third-order valence-electron chi connectivity index (χ3n) is 6.41. The Morgan fingerprint density at radius 2 is 1.93 bits per heavy atom. The molecule has 5 atom stereocenters. The van der Waals surface area contributed by atoms with Gasteiger partial charge in [-0.15, -0.1) is 0 Å². The van der Waals surface area contributed by atoms with E-state index in [1.54, 1.807) is 20.8 Å². The summed E-state index contributed by atoms with van der Waals surface area (Å²) in [4.78, 5) is 35.7. The summed E-state index contributed by atoms with van der Waals surface area (Å²) in [6, 6.07) is 1.43. The summed E-state index contributed by atoms with van der Waals surface area (Å²) in [5.41, 5.74) is -4.02. The monoisotopic (exact) mass is 430 g/mol. The number of alkyl halides is 1. The molecular weight excluding hydrogens is 407 g/mol. The average Bonchev–Trinajstić information content (AvgIpc) is 2.62. The molecule has 5 unspecified atom stereocenters. The van der Waals surface area contributed by atoms with E-state index in [1.807, 2.05) is 0 Å². The van der Waals surface area contributed by atoms with Gasteiger partial charge in [0.2, 0.25) is 0 Å². The van der Waals surface area contributed by atoms with Crippen molar-refractivity contribution in [2.45, 2.75) is 45.7 Å². The number of nitro groups is 1. The van der Waals surface area contributed by atoms with Crippen LogP contribution in [-0.2, 0) is 9.59 Å². The molecule has 3 N–H and O–H groups in total. The molecule has 160 valence electrons. The lowest BCUT2D eigenvalue weighted by molar-refractivity contribution is -0.385. The van der Waals surface area contributed by atoms with Crippen LogP contribution in [0.3, 0.4) is 0 Å². The number of nitrogens with one attached hydrogen (secondary N) is 1. The first kappa shape index (κ1) is 23.0. The smallest absolute Gasteiger partial charge is 0.312 e. The molecule has 0 radical (unpaired) electrons. The predicted molar refractivity (Wildman–Crippen MR) is 104 cm³/mol. The minimum atomic E-state index is -1.94. The van der Waals surface area contributed by atoms with Gasteiger partial charge in [0.05, 0.1) is 21.8 Å². The van der Waals surface area contributed by atoms with Crippen LogP contribution in [-0.4, -0.2) is 45.8 Å². The van der Waals surface area contributed by atoms with Gasteiger partial charge in [0.25, 0.3) is 5.69 Å². The number of rotatable bonds is 6. The van der Waals surface area contributed by atoms with E-state index in [0.717, 1.165) is 12.1 Å². The molecule has 0 bridgehead atoms. The van der Waals surface area contributed by atoms with Crippen molar-refractivity contribution in [2.75, 3.05) is 6.67 Å². The Morgan fingerprint density at radius 1 is 1.34 bits per heavy atom. The number of halogens is 2. The molecule has 1 aromatic rings. The Bertz CT molecular complexity index is 850. The van der Waals surface area contributed by atoms with Gasteiger partial charge in [-0.2, -0.15) is 0 Å². The SMILES string of the molecule is CC(C)C1(C(=O)O)C(C)NC(CF)C(C)(C(=O)O)C1c1cc([N+](=O)[O-])ccc1Cl. The maximum Gasteiger partial charge on any atom is 0.312 e. The van der Waals surface area contributed by atoms with E-state index in [0.29, 0.717) is 0 Å². The zero-order chi connectivity index (χ0) is 22.3. The van der Waals surface area contributed by atoms with Crippen molar-refractivity contribution in [3.63, 3.8) is 0 Å². The Kier molecular flexibility index (Phi) is 6.25. The molecular formula is C19H24ClFN2O6. The van der Waals surface area contributed by atoms with Crippen LogP contribution in [0.2, 0.25) is 5.02 Å². The molecule has 1 aromatic carbocycles. The number of non-ortho nitro benzene ring substituents is 1. The summed E-state index contributed by atoms with van der Waals surface area (Å²) < 4.78 is 13.9. The molecule has 29 heavy (non-hydrogen) atoms. The number of carboxylic acids is 2. The molecule has 10 heteroatoms. The first-order valence-electron chi connectivity index (χ1n) is 9.09. The van der Waals surface area contributed by atoms with Crippen molar-refractivity contribution in [2.24, 2.45) is 16.7 Å². The van der Waals surface area contributed by atoms with Gasteiger partial charge in [-0.05, 0) is 31.4 Å². The zero-order valence-electron chi connectivity index (χ0n) is 16.5. The molecule has 0 amide bonds. The summed E-state index contributed by atoms with van der Waals surface area (Å²) in [6.45, 7) is 5.00. The minimum absolute atomic E-state index is 0.00802. The minimum Gasteiger partial charge on any atom is -0.481 e. The second-order valence-electron chi connectivity index (χ2n) is 7.97. The topological polar surface area (TPSA) is 130 Å². The fraction of sp³-hybridized carbons (Fsp3) is 0.579. The lowest BCUT2D eigenvalue weighted by atomic mass is 9.49. The number of carboxylic acid groups (broad SMARTS) is 2. The second-order valence-corrected chi connectivity index (χ2v) is 8.38.